The highest BCUT2D eigenvalue weighted by Crippen LogP contribution is 2.36. The minimum Gasteiger partial charge on any atom is -0.467 e. The average molecular weight is 392 g/mol. The molecule has 0 radical (unpaired) electrons. The van der Waals surface area contributed by atoms with E-state index in [-0.39, 0.29) is 6.79 Å². The van der Waals surface area contributed by atoms with E-state index in [0.717, 1.165) is 32.0 Å². The molecule has 0 spiro atoms. The van der Waals surface area contributed by atoms with Crippen LogP contribution in [-0.2, 0) is 17.1 Å². The maximum absolute atomic E-state index is 6.20. The molecule has 0 saturated heterocycles. The number of para-hydroxylation sites is 1. The van der Waals surface area contributed by atoms with E-state index in [1.54, 1.807) is 11.8 Å². The summed E-state index contributed by atoms with van der Waals surface area (Å²) in [5, 5.41) is 13.1. The fourth-order valence-corrected chi connectivity index (χ4v) is 4.47. The van der Waals surface area contributed by atoms with Crippen molar-refractivity contribution in [1.29, 1.82) is 0 Å². The molecule has 1 aliphatic rings. The highest BCUT2D eigenvalue weighted by atomic mass is 35.5. The molecular formula is C17H14ClN3O2S2. The summed E-state index contributed by atoms with van der Waals surface area (Å²) < 4.78 is 11.8. The number of nitrogens with one attached hydrogen (secondary N) is 1. The van der Waals surface area contributed by atoms with E-state index in [1.807, 2.05) is 42.5 Å². The van der Waals surface area contributed by atoms with Crippen molar-refractivity contribution in [2.45, 2.75) is 16.7 Å². The van der Waals surface area contributed by atoms with Gasteiger partial charge in [0.05, 0.1) is 6.61 Å². The summed E-state index contributed by atoms with van der Waals surface area (Å²) >= 11 is 9.33. The van der Waals surface area contributed by atoms with Crippen molar-refractivity contribution in [2.24, 2.45) is 0 Å². The third kappa shape index (κ3) is 4.07. The Hall–Kier alpha value is -1.80. The lowest BCUT2D eigenvalue weighted by Gasteiger charge is -2.20. The molecule has 128 valence electrons. The standard InChI is InChI=1S/C17H14ClN3O2S2/c18-13-6-11-8-22-10-23-15(11)12(7-13)9-24-17-21-20-16(25-17)19-14-4-2-1-3-5-14/h1-7H,8-10H2,(H,19,20). The molecule has 2 aromatic carbocycles. The van der Waals surface area contributed by atoms with Crippen LogP contribution in [0.1, 0.15) is 11.1 Å². The van der Waals surface area contributed by atoms with E-state index in [1.165, 1.54) is 11.3 Å². The van der Waals surface area contributed by atoms with Gasteiger partial charge < -0.3 is 14.8 Å². The Morgan fingerprint density at radius 3 is 2.96 bits per heavy atom. The SMILES string of the molecule is Clc1cc2c(c(CSc3nnc(Nc4ccccc4)s3)c1)OCOC2. The molecule has 0 amide bonds. The quantitative estimate of drug-likeness (QED) is 0.611. The molecule has 0 unspecified atom stereocenters. The predicted octanol–water partition coefficient (Wildman–Crippen LogP) is 5.09. The van der Waals surface area contributed by atoms with Crippen molar-refractivity contribution in [3.63, 3.8) is 0 Å². The molecule has 0 atom stereocenters. The van der Waals surface area contributed by atoms with Gasteiger partial charge in [-0.05, 0) is 24.3 Å². The summed E-state index contributed by atoms with van der Waals surface area (Å²) in [7, 11) is 0. The fourth-order valence-electron chi connectivity index (χ4n) is 2.47. The molecule has 0 saturated carbocycles. The van der Waals surface area contributed by atoms with Crippen LogP contribution in [0, 0.1) is 0 Å². The zero-order chi connectivity index (χ0) is 17.1. The van der Waals surface area contributed by atoms with E-state index in [9.17, 15) is 0 Å². The van der Waals surface area contributed by atoms with Crippen molar-refractivity contribution in [2.75, 3.05) is 12.1 Å². The molecule has 3 aromatic rings. The van der Waals surface area contributed by atoms with E-state index >= 15 is 0 Å². The molecule has 1 N–H and O–H groups in total. The van der Waals surface area contributed by atoms with Gasteiger partial charge in [-0.15, -0.1) is 10.2 Å². The van der Waals surface area contributed by atoms with Gasteiger partial charge in [-0.1, -0.05) is 52.9 Å². The molecule has 0 bridgehead atoms. The Morgan fingerprint density at radius 1 is 1.20 bits per heavy atom. The van der Waals surface area contributed by atoms with Crippen LogP contribution < -0.4 is 10.1 Å². The molecular weight excluding hydrogens is 378 g/mol. The van der Waals surface area contributed by atoms with E-state index in [0.29, 0.717) is 17.4 Å². The number of aromatic nitrogens is 2. The van der Waals surface area contributed by atoms with Crippen molar-refractivity contribution in [3.05, 3.63) is 58.6 Å². The second-order valence-electron chi connectivity index (χ2n) is 5.32. The third-order valence-electron chi connectivity index (χ3n) is 3.53. The lowest BCUT2D eigenvalue weighted by Crippen LogP contribution is -2.12. The van der Waals surface area contributed by atoms with E-state index in [4.69, 9.17) is 21.1 Å². The topological polar surface area (TPSA) is 56.3 Å². The predicted molar refractivity (Wildman–Crippen MR) is 101 cm³/mol. The van der Waals surface area contributed by atoms with Gasteiger partial charge in [-0.25, -0.2) is 0 Å². The van der Waals surface area contributed by atoms with Crippen LogP contribution in [0.3, 0.4) is 0 Å². The number of hydrogen-bond donors (Lipinski definition) is 1. The molecule has 0 fully saturated rings. The molecule has 4 rings (SSSR count). The summed E-state index contributed by atoms with van der Waals surface area (Å²) in [6, 6.07) is 13.7. The Morgan fingerprint density at radius 2 is 2.08 bits per heavy atom. The Kier molecular flexibility index (Phi) is 5.07. The highest BCUT2D eigenvalue weighted by Gasteiger charge is 2.17. The first-order valence-corrected chi connectivity index (χ1v) is 9.76. The summed E-state index contributed by atoms with van der Waals surface area (Å²) in [5.41, 5.74) is 3.02. The molecule has 1 aromatic heterocycles. The van der Waals surface area contributed by atoms with Gasteiger partial charge in [-0.2, -0.15) is 0 Å². The number of anilines is 2. The van der Waals surface area contributed by atoms with E-state index in [2.05, 4.69) is 15.5 Å². The Labute approximate surface area is 158 Å². The maximum Gasteiger partial charge on any atom is 0.210 e. The van der Waals surface area contributed by atoms with Gasteiger partial charge in [0.1, 0.15) is 5.75 Å². The minimum atomic E-state index is 0.274. The van der Waals surface area contributed by atoms with Gasteiger partial charge >= 0.3 is 0 Å². The number of thioether (sulfide) groups is 1. The largest absolute Gasteiger partial charge is 0.467 e. The Bertz CT molecular complexity index is 874. The van der Waals surface area contributed by atoms with Gasteiger partial charge in [0, 0.05) is 27.6 Å². The van der Waals surface area contributed by atoms with Gasteiger partial charge in [0.25, 0.3) is 0 Å². The van der Waals surface area contributed by atoms with Crippen LogP contribution in [0.5, 0.6) is 5.75 Å². The summed E-state index contributed by atoms with van der Waals surface area (Å²) in [6.45, 7) is 0.799. The van der Waals surface area contributed by atoms with Crippen LogP contribution in [-0.4, -0.2) is 17.0 Å². The van der Waals surface area contributed by atoms with Crippen LogP contribution in [0.15, 0.2) is 46.8 Å². The van der Waals surface area contributed by atoms with Gasteiger partial charge in [-0.3, -0.25) is 0 Å². The second kappa shape index (κ2) is 7.61. The highest BCUT2D eigenvalue weighted by molar-refractivity contribution is 8.00. The average Bonchev–Trinajstić information content (AvgIpc) is 3.08. The second-order valence-corrected chi connectivity index (χ2v) is 7.95. The molecule has 8 heteroatoms. The number of benzene rings is 2. The Balaban J connectivity index is 1.45. The number of halogens is 1. The first-order chi connectivity index (χ1) is 12.3. The van der Waals surface area contributed by atoms with Crippen LogP contribution >= 0.6 is 34.7 Å². The maximum atomic E-state index is 6.20. The number of nitrogens with zero attached hydrogens (tertiary/aromatic N) is 2. The smallest absolute Gasteiger partial charge is 0.210 e. The van der Waals surface area contributed by atoms with Gasteiger partial charge in [0.15, 0.2) is 11.1 Å². The molecule has 25 heavy (non-hydrogen) atoms. The van der Waals surface area contributed by atoms with E-state index < -0.39 is 0 Å². The molecule has 0 aliphatic carbocycles. The number of ether oxygens (including phenoxy) is 2. The summed E-state index contributed by atoms with van der Waals surface area (Å²) in [4.78, 5) is 0. The third-order valence-corrected chi connectivity index (χ3v) is 5.77. The number of rotatable bonds is 5. The van der Waals surface area contributed by atoms with Crippen molar-refractivity contribution in [3.8, 4) is 5.75 Å². The molecule has 1 aliphatic heterocycles. The minimum absolute atomic E-state index is 0.274. The normalized spacial score (nSPS) is 13.2. The summed E-state index contributed by atoms with van der Waals surface area (Å²) in [5.74, 6) is 1.58. The van der Waals surface area contributed by atoms with Crippen LogP contribution in [0.2, 0.25) is 5.02 Å². The lowest BCUT2D eigenvalue weighted by atomic mass is 10.1. The zero-order valence-electron chi connectivity index (χ0n) is 13.1. The number of fused-ring (bicyclic) bond motifs is 1. The van der Waals surface area contributed by atoms with Crippen molar-refractivity contribution < 1.29 is 9.47 Å². The first-order valence-electron chi connectivity index (χ1n) is 7.58. The van der Waals surface area contributed by atoms with Crippen LogP contribution in [0.4, 0.5) is 10.8 Å². The van der Waals surface area contributed by atoms with Gasteiger partial charge in [0.2, 0.25) is 5.13 Å². The molecule has 2 heterocycles. The summed E-state index contributed by atoms with van der Waals surface area (Å²) in [6.07, 6.45) is 0. The fraction of sp³-hybridized carbons (Fsp3) is 0.176. The van der Waals surface area contributed by atoms with Crippen molar-refractivity contribution in [1.82, 2.24) is 10.2 Å². The van der Waals surface area contributed by atoms with Crippen molar-refractivity contribution >= 4 is 45.5 Å². The van der Waals surface area contributed by atoms with Crippen LogP contribution in [0.25, 0.3) is 0 Å². The lowest BCUT2D eigenvalue weighted by molar-refractivity contribution is -0.0168. The zero-order valence-corrected chi connectivity index (χ0v) is 15.5. The monoisotopic (exact) mass is 391 g/mol. The molecule has 5 nitrogen and oxygen atoms in total. The first kappa shape index (κ1) is 16.7. The number of hydrogen-bond acceptors (Lipinski definition) is 7.